The molecule has 0 atom stereocenters. The van der Waals surface area contributed by atoms with E-state index in [1.165, 1.54) is 0 Å². The van der Waals surface area contributed by atoms with Gasteiger partial charge in [-0.1, -0.05) is 66.7 Å². The third kappa shape index (κ3) is 4.77. The van der Waals surface area contributed by atoms with Crippen molar-refractivity contribution in [2.24, 2.45) is 0 Å². The van der Waals surface area contributed by atoms with Crippen LogP contribution in [0.25, 0.3) is 0 Å². The summed E-state index contributed by atoms with van der Waals surface area (Å²) in [7, 11) is 0. The maximum atomic E-state index is 12.9. The highest BCUT2D eigenvalue weighted by Gasteiger charge is 2.21. The van der Waals surface area contributed by atoms with Crippen LogP contribution in [0, 0.1) is 0 Å². The molecule has 4 nitrogen and oxygen atoms in total. The van der Waals surface area contributed by atoms with Crippen LogP contribution in [-0.4, -0.2) is 18.4 Å². The summed E-state index contributed by atoms with van der Waals surface area (Å²) in [6, 6.07) is 27.8. The lowest BCUT2D eigenvalue weighted by atomic mass is 9.88. The fraction of sp³-hybridized carbons (Fsp3) is 0.231. The maximum Gasteiger partial charge on any atom is 0.226 e. The second kappa shape index (κ2) is 9.40. The predicted molar refractivity (Wildman–Crippen MR) is 121 cm³/mol. The Bertz CT molecular complexity index is 962. The smallest absolute Gasteiger partial charge is 0.226 e. The van der Waals surface area contributed by atoms with Crippen LogP contribution in [0.1, 0.15) is 42.7 Å². The van der Waals surface area contributed by atoms with Gasteiger partial charge in [-0.05, 0) is 42.2 Å². The highest BCUT2D eigenvalue weighted by molar-refractivity contribution is 5.96. The van der Waals surface area contributed by atoms with E-state index < -0.39 is 0 Å². The third-order valence-corrected chi connectivity index (χ3v) is 5.56. The molecule has 0 aromatic heterocycles. The number of anilines is 2. The summed E-state index contributed by atoms with van der Waals surface area (Å²) in [5.74, 6) is 0.0898. The number of hydrogen-bond donors (Lipinski definition) is 1. The molecule has 4 rings (SSSR count). The third-order valence-electron chi connectivity index (χ3n) is 5.56. The molecular formula is C26H26N2O2. The quantitative estimate of drug-likeness (QED) is 0.607. The average molecular weight is 399 g/mol. The molecule has 1 fully saturated rings. The number of carbonyl (C=O) groups is 2. The van der Waals surface area contributed by atoms with Crippen molar-refractivity contribution in [1.29, 1.82) is 0 Å². The van der Waals surface area contributed by atoms with Crippen molar-refractivity contribution in [3.05, 3.63) is 96.1 Å². The van der Waals surface area contributed by atoms with Crippen LogP contribution in [0.3, 0.4) is 0 Å². The van der Waals surface area contributed by atoms with Gasteiger partial charge in [-0.15, -0.1) is 0 Å². The molecule has 0 aliphatic carbocycles. The first-order chi connectivity index (χ1) is 14.7. The van der Waals surface area contributed by atoms with Crippen molar-refractivity contribution >= 4 is 23.2 Å². The first-order valence-electron chi connectivity index (χ1n) is 10.5. The first kappa shape index (κ1) is 19.9. The molecule has 1 aliphatic heterocycles. The highest BCUT2D eigenvalue weighted by Crippen LogP contribution is 2.29. The van der Waals surface area contributed by atoms with Gasteiger partial charge in [0.2, 0.25) is 11.8 Å². The zero-order valence-corrected chi connectivity index (χ0v) is 17.0. The van der Waals surface area contributed by atoms with Crippen LogP contribution in [0.2, 0.25) is 0 Å². The van der Waals surface area contributed by atoms with Crippen LogP contribution >= 0.6 is 0 Å². The minimum absolute atomic E-state index is 0.0146. The van der Waals surface area contributed by atoms with Crippen LogP contribution in [0.5, 0.6) is 0 Å². The van der Waals surface area contributed by atoms with E-state index in [4.69, 9.17) is 0 Å². The standard InChI is InChI=1S/C26H26N2O2/c29-25(19-24(20-10-3-1-4-11-20)21-12-5-2-6-13-21)27-22-14-9-15-23(18-22)28-17-8-7-16-26(28)30/h1-6,9-15,18,24H,7-8,16-17,19H2,(H,27,29). The largest absolute Gasteiger partial charge is 0.326 e. The summed E-state index contributed by atoms with van der Waals surface area (Å²) in [5, 5.41) is 3.03. The van der Waals surface area contributed by atoms with Gasteiger partial charge in [-0.3, -0.25) is 9.59 Å². The highest BCUT2D eigenvalue weighted by atomic mass is 16.2. The topological polar surface area (TPSA) is 49.4 Å². The van der Waals surface area contributed by atoms with Gasteiger partial charge in [0.1, 0.15) is 0 Å². The lowest BCUT2D eigenvalue weighted by Crippen LogP contribution is -2.35. The zero-order valence-electron chi connectivity index (χ0n) is 17.0. The SMILES string of the molecule is O=C(CC(c1ccccc1)c1ccccc1)Nc1cccc(N2CCCCC2=O)c1. The molecular weight excluding hydrogens is 372 g/mol. The van der Waals surface area contributed by atoms with Gasteiger partial charge >= 0.3 is 0 Å². The van der Waals surface area contributed by atoms with Gasteiger partial charge in [0.05, 0.1) is 0 Å². The Balaban J connectivity index is 1.50. The molecule has 1 saturated heterocycles. The van der Waals surface area contributed by atoms with Gasteiger partial charge in [0.25, 0.3) is 0 Å². The first-order valence-corrected chi connectivity index (χ1v) is 10.5. The van der Waals surface area contributed by atoms with Gasteiger partial charge < -0.3 is 10.2 Å². The monoisotopic (exact) mass is 398 g/mol. The normalized spacial score (nSPS) is 14.0. The minimum Gasteiger partial charge on any atom is -0.326 e. The lowest BCUT2D eigenvalue weighted by molar-refractivity contribution is -0.119. The predicted octanol–water partition coefficient (Wildman–Crippen LogP) is 5.36. The Morgan fingerprint density at radius 2 is 1.53 bits per heavy atom. The summed E-state index contributed by atoms with van der Waals surface area (Å²) in [4.78, 5) is 27.0. The summed E-state index contributed by atoms with van der Waals surface area (Å²) >= 11 is 0. The molecule has 152 valence electrons. The summed E-state index contributed by atoms with van der Waals surface area (Å²) in [6.45, 7) is 0.736. The number of piperidine rings is 1. The van der Waals surface area contributed by atoms with E-state index in [9.17, 15) is 9.59 Å². The molecule has 2 amide bonds. The van der Waals surface area contributed by atoms with E-state index >= 15 is 0 Å². The number of benzene rings is 3. The number of amides is 2. The summed E-state index contributed by atoms with van der Waals surface area (Å²) in [6.07, 6.45) is 2.90. The number of hydrogen-bond acceptors (Lipinski definition) is 2. The Kier molecular flexibility index (Phi) is 6.23. The fourth-order valence-corrected chi connectivity index (χ4v) is 4.03. The minimum atomic E-state index is -0.0465. The molecule has 0 saturated carbocycles. The Hall–Kier alpha value is -3.40. The van der Waals surface area contributed by atoms with Gasteiger partial charge in [-0.2, -0.15) is 0 Å². The second-order valence-corrected chi connectivity index (χ2v) is 7.68. The number of carbonyl (C=O) groups excluding carboxylic acids is 2. The zero-order chi connectivity index (χ0) is 20.8. The average Bonchev–Trinajstić information content (AvgIpc) is 2.79. The molecule has 0 bridgehead atoms. The van der Waals surface area contributed by atoms with E-state index in [-0.39, 0.29) is 17.7 Å². The van der Waals surface area contributed by atoms with E-state index in [1.807, 2.05) is 65.6 Å². The molecule has 0 spiro atoms. The molecule has 30 heavy (non-hydrogen) atoms. The summed E-state index contributed by atoms with van der Waals surface area (Å²) in [5.41, 5.74) is 3.80. The van der Waals surface area contributed by atoms with Crippen molar-refractivity contribution in [2.75, 3.05) is 16.8 Å². The van der Waals surface area contributed by atoms with Crippen LogP contribution in [0.4, 0.5) is 11.4 Å². The van der Waals surface area contributed by atoms with E-state index in [1.54, 1.807) is 0 Å². The van der Waals surface area contributed by atoms with Crippen LogP contribution < -0.4 is 10.2 Å². The number of nitrogens with zero attached hydrogens (tertiary/aromatic N) is 1. The number of rotatable bonds is 6. The van der Waals surface area contributed by atoms with E-state index in [2.05, 4.69) is 29.6 Å². The molecule has 1 N–H and O–H groups in total. The molecule has 1 heterocycles. The fourth-order valence-electron chi connectivity index (χ4n) is 4.03. The Morgan fingerprint density at radius 1 is 0.867 bits per heavy atom. The molecule has 3 aromatic carbocycles. The van der Waals surface area contributed by atoms with Crippen LogP contribution in [0.15, 0.2) is 84.9 Å². The van der Waals surface area contributed by atoms with Crippen molar-refractivity contribution in [3.8, 4) is 0 Å². The Labute approximate surface area is 177 Å². The molecule has 0 unspecified atom stereocenters. The van der Waals surface area contributed by atoms with Gasteiger partial charge in [0.15, 0.2) is 0 Å². The molecule has 0 radical (unpaired) electrons. The molecule has 4 heteroatoms. The van der Waals surface area contributed by atoms with Crippen LogP contribution in [-0.2, 0) is 9.59 Å². The lowest BCUT2D eigenvalue weighted by Gasteiger charge is -2.27. The molecule has 3 aromatic rings. The van der Waals surface area contributed by atoms with Gasteiger partial charge in [-0.25, -0.2) is 0 Å². The van der Waals surface area contributed by atoms with Crippen molar-refractivity contribution in [1.82, 2.24) is 0 Å². The number of nitrogens with one attached hydrogen (secondary N) is 1. The summed E-state index contributed by atoms with van der Waals surface area (Å²) < 4.78 is 0. The van der Waals surface area contributed by atoms with Crippen molar-refractivity contribution in [3.63, 3.8) is 0 Å². The second-order valence-electron chi connectivity index (χ2n) is 7.68. The van der Waals surface area contributed by atoms with E-state index in [0.717, 1.165) is 41.9 Å². The maximum absolute atomic E-state index is 12.9. The van der Waals surface area contributed by atoms with Crippen molar-refractivity contribution < 1.29 is 9.59 Å². The van der Waals surface area contributed by atoms with Gasteiger partial charge in [0, 0.05) is 36.7 Å². The Morgan fingerprint density at radius 3 is 2.17 bits per heavy atom. The molecule has 1 aliphatic rings. The van der Waals surface area contributed by atoms with Crippen molar-refractivity contribution in [2.45, 2.75) is 31.6 Å². The van der Waals surface area contributed by atoms with E-state index in [0.29, 0.717) is 12.8 Å².